The lowest BCUT2D eigenvalue weighted by Crippen LogP contribution is -2.46. The second-order valence-electron chi connectivity index (χ2n) is 7.98. The second-order valence-corrected chi connectivity index (χ2v) is 9.24. The Morgan fingerprint density at radius 3 is 2.62 bits per heavy atom. The fraction of sp³-hybridized carbons (Fsp3) is 0.192. The standard InChI is InChI=1S/C26H22BrF3N2OS/c27-20-11-12-23(31)22(16-20)18-13-14-32(25(34)33-21-7-2-1-3-8-21)24(15-18)17-5-4-6-19(10-9-17)26(28,29)30/h1-12,15-17,24H,13-14,31H2. The molecule has 2 atom stereocenters. The zero-order valence-electron chi connectivity index (χ0n) is 18.0. The highest BCUT2D eigenvalue weighted by atomic mass is 79.9. The van der Waals surface area contributed by atoms with Crippen molar-refractivity contribution in [2.24, 2.45) is 5.92 Å². The Bertz CT molecular complexity index is 1190. The highest BCUT2D eigenvalue weighted by Crippen LogP contribution is 2.36. The van der Waals surface area contributed by atoms with Crippen molar-refractivity contribution in [3.05, 3.63) is 101 Å². The minimum absolute atomic E-state index is 0.267. The Morgan fingerprint density at radius 1 is 1.12 bits per heavy atom. The number of rotatable bonds is 3. The first-order valence-corrected chi connectivity index (χ1v) is 11.9. The number of nitrogens with two attached hydrogens (primary N) is 1. The lowest BCUT2D eigenvalue weighted by molar-refractivity contribution is -0.0881. The Balaban J connectivity index is 1.69. The summed E-state index contributed by atoms with van der Waals surface area (Å²) in [6.45, 7) is 0.534. The number of halogens is 4. The second kappa shape index (κ2) is 10.2. The Labute approximate surface area is 210 Å². The molecule has 0 spiro atoms. The summed E-state index contributed by atoms with van der Waals surface area (Å²) in [7, 11) is 0. The van der Waals surface area contributed by atoms with Gasteiger partial charge in [-0.25, -0.2) is 0 Å². The maximum absolute atomic E-state index is 13.3. The van der Waals surface area contributed by atoms with E-state index in [1.165, 1.54) is 6.08 Å². The summed E-state index contributed by atoms with van der Waals surface area (Å²) in [5.74, 6) is 0.238. The normalized spacial score (nSPS) is 20.4. The molecule has 1 aliphatic carbocycles. The van der Waals surface area contributed by atoms with Crippen molar-refractivity contribution in [3.8, 4) is 5.75 Å². The van der Waals surface area contributed by atoms with Crippen LogP contribution in [0.15, 0.2) is 95.0 Å². The number of hydrogen-bond donors (Lipinski definition) is 1. The van der Waals surface area contributed by atoms with Crippen LogP contribution in [-0.4, -0.2) is 28.8 Å². The highest BCUT2D eigenvalue weighted by Gasteiger charge is 2.34. The number of allylic oxidation sites excluding steroid dienone is 4. The van der Waals surface area contributed by atoms with Gasteiger partial charge in [0.15, 0.2) is 0 Å². The third-order valence-corrected chi connectivity index (χ3v) is 6.54. The molecular weight excluding hydrogens is 525 g/mol. The van der Waals surface area contributed by atoms with Crippen LogP contribution in [0.25, 0.3) is 5.57 Å². The maximum Gasteiger partial charge on any atom is 0.416 e. The Morgan fingerprint density at radius 2 is 1.88 bits per heavy atom. The Kier molecular flexibility index (Phi) is 7.28. The van der Waals surface area contributed by atoms with Gasteiger partial charge in [0.1, 0.15) is 5.75 Å². The number of benzene rings is 2. The number of hydrogen-bond acceptors (Lipinski definition) is 3. The quantitative estimate of drug-likeness (QED) is 0.329. The minimum atomic E-state index is -4.42. The number of anilines is 1. The summed E-state index contributed by atoms with van der Waals surface area (Å²) >= 11 is 9.11. The van der Waals surface area contributed by atoms with Gasteiger partial charge in [-0.15, -0.1) is 0 Å². The van der Waals surface area contributed by atoms with Crippen LogP contribution < -0.4 is 10.5 Å². The van der Waals surface area contributed by atoms with E-state index in [1.807, 2.05) is 47.4 Å². The molecule has 2 aliphatic rings. The molecule has 3 nitrogen and oxygen atoms in total. The SMILES string of the molecule is Nc1ccc(Br)cc1C1=CC(C2C=CC=C(C(F)(F)F)C=C2)N(C(=S)Oc2ccccc2)CC1. The summed E-state index contributed by atoms with van der Waals surface area (Å²) in [6, 6.07) is 14.5. The lowest BCUT2D eigenvalue weighted by atomic mass is 9.88. The molecule has 8 heteroatoms. The van der Waals surface area contributed by atoms with E-state index >= 15 is 0 Å². The molecule has 2 aromatic rings. The first-order valence-electron chi connectivity index (χ1n) is 10.7. The fourth-order valence-electron chi connectivity index (χ4n) is 4.02. The predicted octanol–water partition coefficient (Wildman–Crippen LogP) is 7.08. The largest absolute Gasteiger partial charge is 0.432 e. The zero-order chi connectivity index (χ0) is 24.3. The fourth-order valence-corrected chi connectivity index (χ4v) is 4.69. The molecule has 0 saturated carbocycles. The average Bonchev–Trinajstić information content (AvgIpc) is 3.07. The van der Waals surface area contributed by atoms with Gasteiger partial charge in [0, 0.05) is 28.2 Å². The summed E-state index contributed by atoms with van der Waals surface area (Å²) < 4.78 is 46.6. The number of thiocarbonyl (C=S) groups is 1. The van der Waals surface area contributed by atoms with Gasteiger partial charge in [-0.3, -0.25) is 0 Å². The van der Waals surface area contributed by atoms with Crippen LogP contribution in [0.3, 0.4) is 0 Å². The van der Waals surface area contributed by atoms with E-state index in [0.29, 0.717) is 24.4 Å². The molecule has 0 fully saturated rings. The van der Waals surface area contributed by atoms with Crippen LogP contribution >= 0.6 is 28.1 Å². The van der Waals surface area contributed by atoms with Crippen LogP contribution in [0, 0.1) is 5.92 Å². The predicted molar refractivity (Wildman–Crippen MR) is 137 cm³/mol. The van der Waals surface area contributed by atoms with Crippen LogP contribution in [0.5, 0.6) is 5.75 Å². The molecule has 0 saturated heterocycles. The van der Waals surface area contributed by atoms with Crippen LogP contribution in [0.4, 0.5) is 18.9 Å². The van der Waals surface area contributed by atoms with Gasteiger partial charge in [0.2, 0.25) is 0 Å². The smallest absolute Gasteiger partial charge is 0.416 e. The topological polar surface area (TPSA) is 38.5 Å². The molecule has 2 aromatic carbocycles. The molecule has 0 radical (unpaired) electrons. The number of para-hydroxylation sites is 1. The third-order valence-electron chi connectivity index (χ3n) is 5.73. The van der Waals surface area contributed by atoms with Gasteiger partial charge in [-0.1, -0.05) is 70.6 Å². The molecule has 0 aromatic heterocycles. The van der Waals surface area contributed by atoms with Gasteiger partial charge in [0.05, 0.1) is 11.6 Å². The van der Waals surface area contributed by atoms with Crippen molar-refractivity contribution in [1.82, 2.24) is 4.90 Å². The van der Waals surface area contributed by atoms with Crippen molar-refractivity contribution in [1.29, 1.82) is 0 Å². The van der Waals surface area contributed by atoms with Crippen LogP contribution in [-0.2, 0) is 0 Å². The first-order chi connectivity index (χ1) is 16.2. The molecule has 1 aliphatic heterocycles. The van der Waals surface area contributed by atoms with Gasteiger partial charge in [-0.2, -0.15) is 13.2 Å². The molecule has 1 heterocycles. The van der Waals surface area contributed by atoms with Crippen molar-refractivity contribution >= 4 is 44.6 Å². The van der Waals surface area contributed by atoms with E-state index in [9.17, 15) is 13.2 Å². The molecule has 34 heavy (non-hydrogen) atoms. The lowest BCUT2D eigenvalue weighted by Gasteiger charge is -2.38. The van der Waals surface area contributed by atoms with Crippen LogP contribution in [0.1, 0.15) is 12.0 Å². The summed E-state index contributed by atoms with van der Waals surface area (Å²) in [4.78, 5) is 1.91. The number of nitrogen functional groups attached to an aromatic ring is 1. The monoisotopic (exact) mass is 546 g/mol. The van der Waals surface area contributed by atoms with E-state index in [4.69, 9.17) is 22.7 Å². The average molecular weight is 547 g/mol. The van der Waals surface area contributed by atoms with Gasteiger partial charge < -0.3 is 15.4 Å². The maximum atomic E-state index is 13.3. The van der Waals surface area contributed by atoms with Crippen LogP contribution in [0.2, 0.25) is 0 Å². The molecule has 176 valence electrons. The van der Waals surface area contributed by atoms with Crippen molar-refractivity contribution in [2.45, 2.75) is 18.6 Å². The number of ether oxygens (including phenoxy) is 1. The number of alkyl halides is 3. The van der Waals surface area contributed by atoms with Crippen molar-refractivity contribution in [2.75, 3.05) is 12.3 Å². The van der Waals surface area contributed by atoms with Gasteiger partial charge in [-0.05, 0) is 54.5 Å². The minimum Gasteiger partial charge on any atom is -0.432 e. The van der Waals surface area contributed by atoms with Gasteiger partial charge in [0.25, 0.3) is 5.17 Å². The zero-order valence-corrected chi connectivity index (χ0v) is 20.4. The Hall–Kier alpha value is -2.84. The molecule has 0 bridgehead atoms. The molecule has 2 unspecified atom stereocenters. The summed E-state index contributed by atoms with van der Waals surface area (Å²) in [6.07, 6.45) is 5.24. The molecule has 4 rings (SSSR count). The molecule has 0 amide bonds. The van der Waals surface area contributed by atoms with Crippen molar-refractivity contribution < 1.29 is 17.9 Å². The number of nitrogens with zero attached hydrogens (tertiary/aromatic N) is 1. The summed E-state index contributed by atoms with van der Waals surface area (Å²) in [5.41, 5.74) is 8.09. The van der Waals surface area contributed by atoms with Crippen molar-refractivity contribution in [3.63, 3.8) is 0 Å². The summed E-state index contributed by atoms with van der Waals surface area (Å²) in [5, 5.41) is 0.267. The van der Waals surface area contributed by atoms with Gasteiger partial charge >= 0.3 is 6.18 Å². The molecule has 2 N–H and O–H groups in total. The first kappa shape index (κ1) is 24.3. The van der Waals surface area contributed by atoms with E-state index in [2.05, 4.69) is 15.9 Å². The van der Waals surface area contributed by atoms with E-state index in [0.717, 1.165) is 27.8 Å². The molecular formula is C26H22BrF3N2OS. The highest BCUT2D eigenvalue weighted by molar-refractivity contribution is 9.10. The van der Waals surface area contributed by atoms with E-state index < -0.39 is 11.7 Å². The third kappa shape index (κ3) is 5.62. The van der Waals surface area contributed by atoms with E-state index in [-0.39, 0.29) is 17.1 Å². The van der Waals surface area contributed by atoms with E-state index in [1.54, 1.807) is 24.3 Å².